The molecule has 0 radical (unpaired) electrons. The van der Waals surface area contributed by atoms with Crippen LogP contribution in [0, 0.1) is 0 Å². The van der Waals surface area contributed by atoms with Crippen LogP contribution in [-0.4, -0.2) is 5.11 Å². The van der Waals surface area contributed by atoms with Crippen molar-refractivity contribution in [1.82, 2.24) is 0 Å². The van der Waals surface area contributed by atoms with Crippen molar-refractivity contribution in [3.8, 4) is 5.75 Å². The van der Waals surface area contributed by atoms with Crippen LogP contribution in [0.4, 0.5) is 0 Å². The van der Waals surface area contributed by atoms with Gasteiger partial charge in [-0.3, -0.25) is 0 Å². The molecule has 0 bridgehead atoms. The molecule has 1 unspecified atom stereocenters. The molecule has 16 heavy (non-hydrogen) atoms. The third kappa shape index (κ3) is 1.62. The highest BCUT2D eigenvalue weighted by molar-refractivity contribution is 7.07. The minimum absolute atomic E-state index is 0.0175. The molecular formula is C13H12O2S. The maximum absolute atomic E-state index is 10.1. The maximum Gasteiger partial charge on any atom is 0.127 e. The topological polar surface area (TPSA) is 29.5 Å². The van der Waals surface area contributed by atoms with Crippen LogP contribution in [0.1, 0.15) is 29.8 Å². The monoisotopic (exact) mass is 232 g/mol. The maximum atomic E-state index is 10.1. The largest absolute Gasteiger partial charge is 0.485 e. The number of thiophene rings is 1. The average Bonchev–Trinajstić information content (AvgIpc) is 2.82. The highest BCUT2D eigenvalue weighted by Gasteiger charge is 2.27. The molecule has 3 heteroatoms. The second kappa shape index (κ2) is 3.92. The molecule has 1 aliphatic rings. The summed E-state index contributed by atoms with van der Waals surface area (Å²) < 4.78 is 5.89. The van der Waals surface area contributed by atoms with Crippen LogP contribution in [0.2, 0.25) is 0 Å². The highest BCUT2D eigenvalue weighted by Crippen LogP contribution is 2.40. The summed E-state index contributed by atoms with van der Waals surface area (Å²) in [6, 6.07) is 9.74. The molecule has 82 valence electrons. The lowest BCUT2D eigenvalue weighted by molar-refractivity contribution is 0.0659. The number of rotatable bonds is 1. The van der Waals surface area contributed by atoms with Gasteiger partial charge in [-0.25, -0.2) is 0 Å². The van der Waals surface area contributed by atoms with Gasteiger partial charge in [0.1, 0.15) is 11.9 Å². The minimum Gasteiger partial charge on any atom is -0.485 e. The summed E-state index contributed by atoms with van der Waals surface area (Å²) in [5.41, 5.74) is 2.05. The zero-order valence-electron chi connectivity index (χ0n) is 8.67. The third-order valence-corrected chi connectivity index (χ3v) is 3.60. The normalized spacial score (nSPS) is 23.6. The molecule has 0 fully saturated rings. The minimum atomic E-state index is -0.421. The van der Waals surface area contributed by atoms with Gasteiger partial charge in [-0.2, -0.15) is 11.3 Å². The summed E-state index contributed by atoms with van der Waals surface area (Å²) in [6.45, 7) is 0. The van der Waals surface area contributed by atoms with Crippen molar-refractivity contribution in [2.45, 2.75) is 18.6 Å². The predicted octanol–water partition coefficient (Wildman–Crippen LogP) is 3.31. The van der Waals surface area contributed by atoms with E-state index in [4.69, 9.17) is 4.74 Å². The van der Waals surface area contributed by atoms with E-state index in [-0.39, 0.29) is 6.10 Å². The van der Waals surface area contributed by atoms with Gasteiger partial charge in [0, 0.05) is 17.5 Å². The molecule has 1 N–H and O–H groups in total. The third-order valence-electron chi connectivity index (χ3n) is 2.90. The molecule has 0 saturated heterocycles. The zero-order valence-corrected chi connectivity index (χ0v) is 9.48. The lowest BCUT2D eigenvalue weighted by atomic mass is 9.96. The Morgan fingerprint density at radius 2 is 2.12 bits per heavy atom. The first kappa shape index (κ1) is 9.87. The van der Waals surface area contributed by atoms with Crippen LogP contribution in [0.15, 0.2) is 41.1 Å². The van der Waals surface area contributed by atoms with E-state index >= 15 is 0 Å². The van der Waals surface area contributed by atoms with Gasteiger partial charge >= 0.3 is 0 Å². The van der Waals surface area contributed by atoms with Crippen LogP contribution in [0.5, 0.6) is 5.75 Å². The standard InChI is InChI=1S/C13H12O2S/c14-11-7-13(9-5-6-16-8-9)15-12-4-2-1-3-10(11)12/h1-6,8,11,13-14H,7H2/t11-,13?/m0/s1. The van der Waals surface area contributed by atoms with E-state index in [0.29, 0.717) is 6.42 Å². The van der Waals surface area contributed by atoms with E-state index in [9.17, 15) is 5.11 Å². The van der Waals surface area contributed by atoms with Crippen LogP contribution < -0.4 is 4.74 Å². The Bertz CT molecular complexity index is 478. The van der Waals surface area contributed by atoms with Crippen molar-refractivity contribution >= 4 is 11.3 Å². The van der Waals surface area contributed by atoms with Gasteiger partial charge in [-0.05, 0) is 22.9 Å². The zero-order chi connectivity index (χ0) is 11.0. The van der Waals surface area contributed by atoms with Crippen molar-refractivity contribution in [2.24, 2.45) is 0 Å². The first-order valence-corrected chi connectivity index (χ1v) is 6.24. The summed E-state index contributed by atoms with van der Waals surface area (Å²) in [6.07, 6.45) is 0.194. The second-order valence-electron chi connectivity index (χ2n) is 3.95. The molecule has 2 nitrogen and oxygen atoms in total. The first-order valence-electron chi connectivity index (χ1n) is 5.30. The SMILES string of the molecule is O[C@H]1CC(c2ccsc2)Oc2ccccc21. The molecule has 0 saturated carbocycles. The van der Waals surface area contributed by atoms with Crippen LogP contribution >= 0.6 is 11.3 Å². The predicted molar refractivity (Wildman–Crippen MR) is 63.7 cm³/mol. The van der Waals surface area contributed by atoms with Crippen molar-refractivity contribution in [2.75, 3.05) is 0 Å². The van der Waals surface area contributed by atoms with E-state index in [2.05, 4.69) is 11.4 Å². The molecule has 2 heterocycles. The van der Waals surface area contributed by atoms with Crippen LogP contribution in [0.3, 0.4) is 0 Å². The molecule has 0 amide bonds. The second-order valence-corrected chi connectivity index (χ2v) is 4.73. The molecule has 0 spiro atoms. The Hall–Kier alpha value is -1.32. The van der Waals surface area contributed by atoms with E-state index in [1.54, 1.807) is 11.3 Å². The highest BCUT2D eigenvalue weighted by atomic mass is 32.1. The van der Waals surface area contributed by atoms with Gasteiger partial charge in [0.05, 0.1) is 6.10 Å². The molecule has 2 aromatic rings. The smallest absolute Gasteiger partial charge is 0.127 e. The molecule has 1 aliphatic heterocycles. The Morgan fingerprint density at radius 3 is 2.94 bits per heavy atom. The first-order chi connectivity index (χ1) is 7.84. The lowest BCUT2D eigenvalue weighted by Gasteiger charge is -2.29. The number of hydrogen-bond acceptors (Lipinski definition) is 3. The Labute approximate surface area is 98.1 Å². The summed E-state index contributed by atoms with van der Waals surface area (Å²) in [4.78, 5) is 0. The lowest BCUT2D eigenvalue weighted by Crippen LogP contribution is -2.18. The number of fused-ring (bicyclic) bond motifs is 1. The molecule has 2 atom stereocenters. The average molecular weight is 232 g/mol. The summed E-state index contributed by atoms with van der Waals surface area (Å²) in [5, 5.41) is 14.2. The van der Waals surface area contributed by atoms with Crippen molar-refractivity contribution in [3.63, 3.8) is 0 Å². The molecule has 1 aromatic heterocycles. The van der Waals surface area contributed by atoms with Crippen LogP contribution in [-0.2, 0) is 0 Å². The number of benzene rings is 1. The van der Waals surface area contributed by atoms with E-state index in [0.717, 1.165) is 16.9 Å². The molecule has 1 aromatic carbocycles. The van der Waals surface area contributed by atoms with Gasteiger partial charge in [-0.15, -0.1) is 0 Å². The molecule has 3 rings (SSSR count). The van der Waals surface area contributed by atoms with Gasteiger partial charge in [0.25, 0.3) is 0 Å². The van der Waals surface area contributed by atoms with E-state index < -0.39 is 6.10 Å². The molecular weight excluding hydrogens is 220 g/mol. The van der Waals surface area contributed by atoms with Gasteiger partial charge in [-0.1, -0.05) is 18.2 Å². The Morgan fingerprint density at radius 1 is 1.25 bits per heavy atom. The van der Waals surface area contributed by atoms with Gasteiger partial charge < -0.3 is 9.84 Å². The van der Waals surface area contributed by atoms with Gasteiger partial charge in [0.2, 0.25) is 0 Å². The number of ether oxygens (including phenoxy) is 1. The molecule has 0 aliphatic carbocycles. The Balaban J connectivity index is 1.95. The summed E-state index contributed by atoms with van der Waals surface area (Å²) >= 11 is 1.65. The van der Waals surface area contributed by atoms with Crippen molar-refractivity contribution in [3.05, 3.63) is 52.2 Å². The fourth-order valence-corrected chi connectivity index (χ4v) is 2.76. The summed E-state index contributed by atoms with van der Waals surface area (Å²) in [5.74, 6) is 0.803. The number of hydrogen-bond donors (Lipinski definition) is 1. The summed E-state index contributed by atoms with van der Waals surface area (Å²) in [7, 11) is 0. The number of aliphatic hydroxyl groups is 1. The Kier molecular flexibility index (Phi) is 2.42. The van der Waals surface area contributed by atoms with Gasteiger partial charge in [0.15, 0.2) is 0 Å². The fourth-order valence-electron chi connectivity index (χ4n) is 2.06. The quantitative estimate of drug-likeness (QED) is 0.817. The number of para-hydroxylation sites is 1. The van der Waals surface area contributed by atoms with E-state index in [1.165, 1.54) is 0 Å². The van der Waals surface area contributed by atoms with Crippen molar-refractivity contribution < 1.29 is 9.84 Å². The number of aliphatic hydroxyl groups excluding tert-OH is 1. The van der Waals surface area contributed by atoms with Crippen molar-refractivity contribution in [1.29, 1.82) is 0 Å². The van der Waals surface area contributed by atoms with E-state index in [1.807, 2.05) is 29.6 Å². The van der Waals surface area contributed by atoms with Crippen LogP contribution in [0.25, 0.3) is 0 Å². The fraction of sp³-hybridized carbons (Fsp3) is 0.231.